The molecule has 86 valence electrons. The molecule has 1 aliphatic rings. The van der Waals surface area contributed by atoms with E-state index in [9.17, 15) is 9.59 Å². The Morgan fingerprint density at radius 1 is 1.47 bits per heavy atom. The first-order valence-corrected chi connectivity index (χ1v) is 5.46. The number of carbonyl (C=O) groups excluding carboxylic acids is 2. The molecule has 0 bridgehead atoms. The second-order valence-corrected chi connectivity index (χ2v) is 3.83. The predicted molar refractivity (Wildman–Crippen MR) is 57.0 cm³/mol. The number of nitrogens with one attached hydrogen (secondary N) is 1. The Hall–Kier alpha value is -1.10. The Morgan fingerprint density at radius 2 is 2.13 bits per heavy atom. The van der Waals surface area contributed by atoms with Crippen LogP contribution in [0.15, 0.2) is 0 Å². The molecule has 0 aromatic carbocycles. The molecule has 0 aromatic rings. The molecule has 1 rings (SSSR count). The average Bonchev–Trinajstić information content (AvgIpc) is 3.05. The highest BCUT2D eigenvalue weighted by atomic mass is 16.2. The van der Waals surface area contributed by atoms with Crippen LogP contribution in [0.3, 0.4) is 0 Å². The number of nitrogens with zero attached hydrogens (tertiary/aromatic N) is 1. The SMILES string of the molecule is CCN(CC1CC1)C(=O)C(=O)NCCN. The maximum Gasteiger partial charge on any atom is 0.311 e. The summed E-state index contributed by atoms with van der Waals surface area (Å²) >= 11 is 0. The highest BCUT2D eigenvalue weighted by molar-refractivity contribution is 6.35. The van der Waals surface area contributed by atoms with Crippen molar-refractivity contribution >= 4 is 11.8 Å². The van der Waals surface area contributed by atoms with Crippen molar-refractivity contribution in [2.45, 2.75) is 19.8 Å². The smallest absolute Gasteiger partial charge is 0.311 e. The van der Waals surface area contributed by atoms with E-state index in [1.807, 2.05) is 6.92 Å². The molecule has 2 amide bonds. The fraction of sp³-hybridized carbons (Fsp3) is 0.800. The molecular weight excluding hydrogens is 194 g/mol. The van der Waals surface area contributed by atoms with Gasteiger partial charge in [-0.3, -0.25) is 9.59 Å². The fourth-order valence-electron chi connectivity index (χ4n) is 1.37. The highest BCUT2D eigenvalue weighted by Crippen LogP contribution is 2.29. The molecule has 5 heteroatoms. The van der Waals surface area contributed by atoms with E-state index in [1.54, 1.807) is 4.90 Å². The number of carbonyl (C=O) groups is 2. The van der Waals surface area contributed by atoms with Gasteiger partial charge >= 0.3 is 11.8 Å². The molecule has 0 unspecified atom stereocenters. The Balaban J connectivity index is 2.36. The summed E-state index contributed by atoms with van der Waals surface area (Å²) in [5.74, 6) is -0.364. The van der Waals surface area contributed by atoms with E-state index in [0.29, 0.717) is 32.1 Å². The number of rotatable bonds is 5. The van der Waals surface area contributed by atoms with Gasteiger partial charge in [0.25, 0.3) is 0 Å². The molecule has 0 radical (unpaired) electrons. The van der Waals surface area contributed by atoms with Crippen molar-refractivity contribution in [1.82, 2.24) is 10.2 Å². The van der Waals surface area contributed by atoms with Gasteiger partial charge in [-0.25, -0.2) is 0 Å². The summed E-state index contributed by atoms with van der Waals surface area (Å²) in [7, 11) is 0. The van der Waals surface area contributed by atoms with Crippen molar-refractivity contribution in [3.05, 3.63) is 0 Å². The van der Waals surface area contributed by atoms with Crippen LogP contribution in [0.5, 0.6) is 0 Å². The van der Waals surface area contributed by atoms with Crippen molar-refractivity contribution in [2.75, 3.05) is 26.2 Å². The lowest BCUT2D eigenvalue weighted by Gasteiger charge is -2.19. The fourth-order valence-corrected chi connectivity index (χ4v) is 1.37. The first-order chi connectivity index (χ1) is 7.19. The molecule has 0 aromatic heterocycles. The van der Waals surface area contributed by atoms with Gasteiger partial charge < -0.3 is 16.0 Å². The average molecular weight is 213 g/mol. The molecule has 1 aliphatic carbocycles. The molecule has 0 atom stereocenters. The number of hydrogen-bond acceptors (Lipinski definition) is 3. The Kier molecular flexibility index (Phi) is 4.55. The van der Waals surface area contributed by atoms with Crippen LogP contribution in [0.1, 0.15) is 19.8 Å². The van der Waals surface area contributed by atoms with Gasteiger partial charge in [0.05, 0.1) is 0 Å². The van der Waals surface area contributed by atoms with Gasteiger partial charge in [0.2, 0.25) is 0 Å². The molecule has 0 saturated heterocycles. The summed E-state index contributed by atoms with van der Waals surface area (Å²) in [5, 5.41) is 2.49. The summed E-state index contributed by atoms with van der Waals surface area (Å²) in [4.78, 5) is 24.6. The predicted octanol–water partition coefficient (Wildman–Crippen LogP) is -0.680. The molecule has 3 N–H and O–H groups in total. The van der Waals surface area contributed by atoms with Crippen LogP contribution in [0.2, 0.25) is 0 Å². The van der Waals surface area contributed by atoms with E-state index in [4.69, 9.17) is 5.73 Å². The summed E-state index contributed by atoms with van der Waals surface area (Å²) in [6, 6.07) is 0. The standard InChI is InChI=1S/C10H19N3O2/c1-2-13(7-8-3-4-8)10(15)9(14)12-6-5-11/h8H,2-7,11H2,1H3,(H,12,14). The lowest BCUT2D eigenvalue weighted by molar-refractivity contribution is -0.145. The summed E-state index contributed by atoms with van der Waals surface area (Å²) in [6.07, 6.45) is 2.35. The van der Waals surface area contributed by atoms with Crippen LogP contribution in [-0.4, -0.2) is 42.9 Å². The van der Waals surface area contributed by atoms with Gasteiger partial charge in [-0.15, -0.1) is 0 Å². The van der Waals surface area contributed by atoms with E-state index in [0.717, 1.165) is 0 Å². The van der Waals surface area contributed by atoms with Crippen molar-refractivity contribution in [3.8, 4) is 0 Å². The molecule has 0 aliphatic heterocycles. The summed E-state index contributed by atoms with van der Waals surface area (Å²) in [5.41, 5.74) is 5.24. The van der Waals surface area contributed by atoms with Gasteiger partial charge in [-0.05, 0) is 25.7 Å². The van der Waals surface area contributed by atoms with E-state index in [2.05, 4.69) is 5.32 Å². The van der Waals surface area contributed by atoms with Gasteiger partial charge in [-0.1, -0.05) is 0 Å². The number of amides is 2. The van der Waals surface area contributed by atoms with Crippen LogP contribution in [-0.2, 0) is 9.59 Å². The third-order valence-electron chi connectivity index (χ3n) is 2.47. The van der Waals surface area contributed by atoms with Crippen molar-refractivity contribution in [2.24, 2.45) is 11.7 Å². The zero-order valence-electron chi connectivity index (χ0n) is 9.16. The van der Waals surface area contributed by atoms with E-state index >= 15 is 0 Å². The van der Waals surface area contributed by atoms with Crippen LogP contribution >= 0.6 is 0 Å². The zero-order chi connectivity index (χ0) is 11.3. The van der Waals surface area contributed by atoms with Gasteiger partial charge in [-0.2, -0.15) is 0 Å². The Morgan fingerprint density at radius 3 is 2.60 bits per heavy atom. The maximum absolute atomic E-state index is 11.6. The largest absolute Gasteiger partial charge is 0.347 e. The topological polar surface area (TPSA) is 75.4 Å². The van der Waals surface area contributed by atoms with Crippen molar-refractivity contribution in [1.29, 1.82) is 0 Å². The van der Waals surface area contributed by atoms with Gasteiger partial charge in [0.15, 0.2) is 0 Å². The molecule has 0 spiro atoms. The molecule has 5 nitrogen and oxygen atoms in total. The zero-order valence-corrected chi connectivity index (χ0v) is 9.16. The number of hydrogen-bond donors (Lipinski definition) is 2. The third-order valence-corrected chi connectivity index (χ3v) is 2.47. The Bertz CT molecular complexity index is 239. The van der Waals surface area contributed by atoms with Crippen LogP contribution in [0.25, 0.3) is 0 Å². The van der Waals surface area contributed by atoms with Crippen LogP contribution < -0.4 is 11.1 Å². The first kappa shape index (κ1) is 12.0. The second kappa shape index (κ2) is 5.70. The second-order valence-electron chi connectivity index (χ2n) is 3.83. The lowest BCUT2D eigenvalue weighted by atomic mass is 10.3. The highest BCUT2D eigenvalue weighted by Gasteiger charge is 2.28. The quantitative estimate of drug-likeness (QED) is 0.594. The molecule has 1 saturated carbocycles. The van der Waals surface area contributed by atoms with Gasteiger partial charge in [0, 0.05) is 26.2 Å². The minimum Gasteiger partial charge on any atom is -0.347 e. The van der Waals surface area contributed by atoms with Crippen LogP contribution in [0, 0.1) is 5.92 Å². The molecular formula is C10H19N3O2. The Labute approximate surface area is 90.0 Å². The minimum absolute atomic E-state index is 0.353. The van der Waals surface area contributed by atoms with Gasteiger partial charge in [0.1, 0.15) is 0 Å². The van der Waals surface area contributed by atoms with Crippen molar-refractivity contribution < 1.29 is 9.59 Å². The molecule has 1 fully saturated rings. The number of likely N-dealkylation sites (N-methyl/N-ethyl adjacent to an activating group) is 1. The molecule has 15 heavy (non-hydrogen) atoms. The first-order valence-electron chi connectivity index (χ1n) is 5.46. The third kappa shape index (κ3) is 3.87. The van der Waals surface area contributed by atoms with Crippen molar-refractivity contribution in [3.63, 3.8) is 0 Å². The van der Waals surface area contributed by atoms with E-state index < -0.39 is 11.8 Å². The summed E-state index contributed by atoms with van der Waals surface area (Å²) in [6.45, 7) is 3.90. The molecule has 0 heterocycles. The minimum atomic E-state index is -0.539. The number of nitrogens with two attached hydrogens (primary N) is 1. The monoisotopic (exact) mass is 213 g/mol. The maximum atomic E-state index is 11.6. The normalized spacial score (nSPS) is 14.8. The summed E-state index contributed by atoms with van der Waals surface area (Å²) < 4.78 is 0. The van der Waals surface area contributed by atoms with Crippen LogP contribution in [0.4, 0.5) is 0 Å². The van der Waals surface area contributed by atoms with E-state index in [1.165, 1.54) is 12.8 Å². The lowest BCUT2D eigenvalue weighted by Crippen LogP contribution is -2.44. The van der Waals surface area contributed by atoms with E-state index in [-0.39, 0.29) is 0 Å².